The molecular weight excluding hydrogens is 192 g/mol. The summed E-state index contributed by atoms with van der Waals surface area (Å²) in [6.45, 7) is 1.49. The van der Waals surface area contributed by atoms with Crippen molar-refractivity contribution in [2.24, 2.45) is 0 Å². The molecule has 0 aromatic rings. The molecule has 13 heavy (non-hydrogen) atoms. The molecule has 1 aliphatic heterocycles. The largest absolute Gasteiger partial charge is 0.478 e. The van der Waals surface area contributed by atoms with E-state index in [1.807, 2.05) is 0 Å². The molecule has 1 aliphatic rings. The van der Waals surface area contributed by atoms with Gasteiger partial charge < -0.3 is 9.84 Å². The van der Waals surface area contributed by atoms with E-state index in [-0.39, 0.29) is 0 Å². The molecular formula is C7H12N2O3S. The maximum Gasteiger partial charge on any atom is 0.333 e. The molecule has 5 nitrogen and oxygen atoms in total. The molecule has 1 rings (SSSR count). The van der Waals surface area contributed by atoms with Crippen LogP contribution >= 0.6 is 0 Å². The molecule has 6 heteroatoms. The van der Waals surface area contributed by atoms with E-state index < -0.39 is 16.8 Å². The van der Waals surface area contributed by atoms with Crippen molar-refractivity contribution in [3.05, 3.63) is 11.0 Å². The lowest BCUT2D eigenvalue weighted by Crippen LogP contribution is -2.26. The number of ether oxygens (including phenoxy) is 1. The summed E-state index contributed by atoms with van der Waals surface area (Å²) < 4.78 is 14.2. The van der Waals surface area contributed by atoms with Crippen molar-refractivity contribution in [2.75, 3.05) is 26.8 Å². The highest BCUT2D eigenvalue weighted by atomic mass is 32.2. The fourth-order valence-electron chi connectivity index (χ4n) is 0.995. The molecule has 0 amide bonds. The van der Waals surface area contributed by atoms with Crippen LogP contribution < -0.4 is 0 Å². The third-order valence-corrected chi connectivity index (χ3v) is 3.07. The van der Waals surface area contributed by atoms with Crippen LogP contribution in [-0.2, 0) is 20.4 Å². The van der Waals surface area contributed by atoms with Gasteiger partial charge >= 0.3 is 5.97 Å². The Kier molecular flexibility index (Phi) is 3.58. The number of carbonyl (C=O) groups is 1. The number of nitrogens with one attached hydrogen (secondary N) is 1. The molecule has 0 bridgehead atoms. The monoisotopic (exact) mass is 204 g/mol. The number of aliphatic carboxylic acids is 1. The lowest BCUT2D eigenvalue weighted by molar-refractivity contribution is -0.132. The quantitative estimate of drug-likeness (QED) is 0.686. The summed E-state index contributed by atoms with van der Waals surface area (Å²) in [6.07, 6.45) is 0. The maximum absolute atomic E-state index is 10.6. The first-order valence-corrected chi connectivity index (χ1v) is 5.02. The summed E-state index contributed by atoms with van der Waals surface area (Å²) in [6, 6.07) is 0. The molecule has 0 fully saturated rings. The van der Waals surface area contributed by atoms with E-state index in [9.17, 15) is 4.79 Å². The molecule has 0 saturated heterocycles. The van der Waals surface area contributed by atoms with Crippen LogP contribution in [-0.4, -0.2) is 42.2 Å². The zero-order chi connectivity index (χ0) is 9.84. The fourth-order valence-corrected chi connectivity index (χ4v) is 2.14. The van der Waals surface area contributed by atoms with Gasteiger partial charge in [-0.3, -0.25) is 4.78 Å². The smallest absolute Gasteiger partial charge is 0.333 e. The van der Waals surface area contributed by atoms with Crippen molar-refractivity contribution in [1.29, 1.82) is 4.78 Å². The van der Waals surface area contributed by atoms with E-state index in [1.54, 1.807) is 11.4 Å². The number of hydrogen-bond donors (Lipinski definition) is 2. The standard InChI is InChI=1S/C7H12N2O3S/c1-12-3-2-9-4-6(7(10)11)5-13(9)8/h5,8H,2-4H2,1H3,(H,10,11). The number of nitrogens with zero attached hydrogens (tertiary/aromatic N) is 1. The van der Waals surface area contributed by atoms with Crippen LogP contribution in [0.5, 0.6) is 0 Å². The van der Waals surface area contributed by atoms with Gasteiger partial charge in [-0.15, -0.1) is 0 Å². The van der Waals surface area contributed by atoms with Crippen LogP contribution in [0.2, 0.25) is 0 Å². The Morgan fingerprint density at radius 1 is 1.92 bits per heavy atom. The highest BCUT2D eigenvalue weighted by Gasteiger charge is 2.22. The third-order valence-electron chi connectivity index (χ3n) is 1.70. The Labute approximate surface area is 79.0 Å². The van der Waals surface area contributed by atoms with E-state index >= 15 is 0 Å². The maximum atomic E-state index is 10.6. The second-order valence-corrected chi connectivity index (χ2v) is 4.00. The highest BCUT2D eigenvalue weighted by molar-refractivity contribution is 7.87. The van der Waals surface area contributed by atoms with Crippen LogP contribution in [0.15, 0.2) is 11.0 Å². The average Bonchev–Trinajstić information content (AvgIpc) is 2.44. The molecule has 1 heterocycles. The van der Waals surface area contributed by atoms with Gasteiger partial charge in [-0.05, 0) is 10.9 Å². The highest BCUT2D eigenvalue weighted by Crippen LogP contribution is 2.14. The predicted octanol–water partition coefficient (Wildman–Crippen LogP) is 0.213. The molecule has 0 spiro atoms. The van der Waals surface area contributed by atoms with Gasteiger partial charge in [0.25, 0.3) is 0 Å². The first-order valence-electron chi connectivity index (χ1n) is 3.77. The Balaban J connectivity index is 2.50. The summed E-state index contributed by atoms with van der Waals surface area (Å²) in [5, 5.41) is 10.2. The van der Waals surface area contributed by atoms with Crippen molar-refractivity contribution in [3.8, 4) is 0 Å². The number of rotatable bonds is 4. The molecule has 2 N–H and O–H groups in total. The summed E-state index contributed by atoms with van der Waals surface area (Å²) in [7, 11) is 0.785. The number of carboxylic acid groups (broad SMARTS) is 1. The summed E-state index contributed by atoms with van der Waals surface area (Å²) in [5.74, 6) is -0.926. The second-order valence-electron chi connectivity index (χ2n) is 2.62. The summed E-state index contributed by atoms with van der Waals surface area (Å²) in [5.41, 5.74) is 0.314. The van der Waals surface area contributed by atoms with Crippen molar-refractivity contribution in [1.82, 2.24) is 4.31 Å². The predicted molar refractivity (Wildman–Crippen MR) is 49.3 cm³/mol. The van der Waals surface area contributed by atoms with Gasteiger partial charge in [0.15, 0.2) is 0 Å². The van der Waals surface area contributed by atoms with Crippen molar-refractivity contribution in [2.45, 2.75) is 0 Å². The van der Waals surface area contributed by atoms with Crippen LogP contribution in [0.25, 0.3) is 0 Å². The van der Waals surface area contributed by atoms with Crippen LogP contribution in [0, 0.1) is 4.78 Å². The Morgan fingerprint density at radius 2 is 2.62 bits per heavy atom. The lowest BCUT2D eigenvalue weighted by Gasteiger charge is -2.14. The normalized spacial score (nSPS) is 23.2. The van der Waals surface area contributed by atoms with Crippen molar-refractivity contribution >= 4 is 16.8 Å². The third kappa shape index (κ3) is 2.61. The minimum atomic E-state index is -0.926. The number of hydrogen-bond acceptors (Lipinski definition) is 3. The van der Waals surface area contributed by atoms with Gasteiger partial charge in [0.05, 0.1) is 12.2 Å². The van der Waals surface area contributed by atoms with Crippen LogP contribution in [0.1, 0.15) is 0 Å². The van der Waals surface area contributed by atoms with Gasteiger partial charge in [-0.1, -0.05) is 0 Å². The Hall–Kier alpha value is -0.720. The Morgan fingerprint density at radius 3 is 3.08 bits per heavy atom. The molecule has 1 unspecified atom stereocenters. The van der Waals surface area contributed by atoms with Gasteiger partial charge in [-0.2, -0.15) is 0 Å². The molecule has 0 aromatic heterocycles. The second kappa shape index (κ2) is 4.50. The molecule has 74 valence electrons. The zero-order valence-corrected chi connectivity index (χ0v) is 8.13. The summed E-state index contributed by atoms with van der Waals surface area (Å²) >= 11 is 0. The van der Waals surface area contributed by atoms with E-state index in [4.69, 9.17) is 14.6 Å². The first kappa shape index (κ1) is 10.4. The topological polar surface area (TPSA) is 73.6 Å². The molecule has 0 aromatic carbocycles. The van der Waals surface area contributed by atoms with Gasteiger partial charge in [-0.25, -0.2) is 9.10 Å². The van der Waals surface area contributed by atoms with Gasteiger partial charge in [0, 0.05) is 25.6 Å². The lowest BCUT2D eigenvalue weighted by atomic mass is 10.3. The fraction of sp³-hybridized carbons (Fsp3) is 0.571. The van der Waals surface area contributed by atoms with E-state index in [0.29, 0.717) is 25.3 Å². The summed E-state index contributed by atoms with van der Waals surface area (Å²) in [4.78, 5) is 10.6. The SMILES string of the molecule is COCCN1CC(C(=O)O)=CS1=N. The minimum absolute atomic E-state index is 0.314. The van der Waals surface area contributed by atoms with Gasteiger partial charge in [0.1, 0.15) is 0 Å². The molecule has 0 saturated carbocycles. The first-order chi connectivity index (χ1) is 6.15. The number of carboxylic acids is 1. The number of methoxy groups -OCH3 is 1. The van der Waals surface area contributed by atoms with Crippen LogP contribution in [0.4, 0.5) is 0 Å². The molecule has 1 atom stereocenters. The molecule has 0 aliphatic carbocycles. The van der Waals surface area contributed by atoms with Crippen molar-refractivity contribution < 1.29 is 14.6 Å². The zero-order valence-electron chi connectivity index (χ0n) is 7.32. The Bertz CT molecular complexity index is 264. The van der Waals surface area contributed by atoms with E-state index in [2.05, 4.69) is 0 Å². The van der Waals surface area contributed by atoms with Crippen LogP contribution in [0.3, 0.4) is 0 Å². The van der Waals surface area contributed by atoms with E-state index in [1.165, 1.54) is 5.41 Å². The molecule has 0 radical (unpaired) electrons. The average molecular weight is 204 g/mol. The minimum Gasteiger partial charge on any atom is -0.478 e. The van der Waals surface area contributed by atoms with Gasteiger partial charge in [0.2, 0.25) is 0 Å². The van der Waals surface area contributed by atoms with Crippen molar-refractivity contribution in [3.63, 3.8) is 0 Å². The van der Waals surface area contributed by atoms with E-state index in [0.717, 1.165) is 0 Å².